The van der Waals surface area contributed by atoms with Gasteiger partial charge in [-0.05, 0) is 43.0 Å². The molecule has 0 saturated carbocycles. The van der Waals surface area contributed by atoms with Gasteiger partial charge in [0.25, 0.3) is 0 Å². The topological polar surface area (TPSA) is 80.5 Å². The highest BCUT2D eigenvalue weighted by Crippen LogP contribution is 2.35. The van der Waals surface area contributed by atoms with Crippen molar-refractivity contribution in [3.8, 4) is 16.5 Å². The van der Waals surface area contributed by atoms with Crippen LogP contribution in [0.25, 0.3) is 10.7 Å². The minimum atomic E-state index is -0.179. The smallest absolute Gasteiger partial charge is 0.249 e. The van der Waals surface area contributed by atoms with Crippen molar-refractivity contribution in [2.45, 2.75) is 25.8 Å². The van der Waals surface area contributed by atoms with E-state index in [9.17, 15) is 4.79 Å². The first-order valence-electron chi connectivity index (χ1n) is 8.78. The standard InChI is InChI=1S/C19H20N4O3S/c1-12(19-21-18(22-26-19)16-5-4-10-27-16)20-13-7-8-15(25-2)14(11-13)23-9-3-6-17(23)24/h4-5,7-8,10-12,20H,3,6,9H2,1-2H3/t12-/m0/s1. The number of anilines is 2. The molecule has 8 heteroatoms. The number of benzene rings is 1. The van der Waals surface area contributed by atoms with E-state index >= 15 is 0 Å². The molecule has 27 heavy (non-hydrogen) atoms. The van der Waals surface area contributed by atoms with E-state index in [-0.39, 0.29) is 11.9 Å². The molecule has 140 valence electrons. The molecular weight excluding hydrogens is 364 g/mol. The molecule has 1 aliphatic heterocycles. The first-order valence-corrected chi connectivity index (χ1v) is 9.66. The van der Waals surface area contributed by atoms with Crippen LogP contribution in [-0.4, -0.2) is 29.7 Å². The number of aromatic nitrogens is 2. The molecule has 3 heterocycles. The zero-order valence-electron chi connectivity index (χ0n) is 15.1. The summed E-state index contributed by atoms with van der Waals surface area (Å²) in [5.41, 5.74) is 1.64. The zero-order chi connectivity index (χ0) is 18.8. The normalized spacial score (nSPS) is 15.2. The van der Waals surface area contributed by atoms with Crippen molar-refractivity contribution in [1.29, 1.82) is 0 Å². The van der Waals surface area contributed by atoms with E-state index in [4.69, 9.17) is 9.26 Å². The molecule has 0 radical (unpaired) electrons. The van der Waals surface area contributed by atoms with Crippen LogP contribution in [0.15, 0.2) is 40.2 Å². The first kappa shape index (κ1) is 17.5. The SMILES string of the molecule is COc1ccc(N[C@@H](C)c2nc(-c3cccs3)no2)cc1N1CCCC1=O. The van der Waals surface area contributed by atoms with Gasteiger partial charge in [0.05, 0.1) is 17.7 Å². The lowest BCUT2D eigenvalue weighted by molar-refractivity contribution is -0.117. The van der Waals surface area contributed by atoms with Gasteiger partial charge in [0.1, 0.15) is 11.8 Å². The number of hydrogen-bond acceptors (Lipinski definition) is 7. The van der Waals surface area contributed by atoms with E-state index in [2.05, 4.69) is 15.5 Å². The highest BCUT2D eigenvalue weighted by Gasteiger charge is 2.25. The predicted octanol–water partition coefficient (Wildman–Crippen LogP) is 4.11. The largest absolute Gasteiger partial charge is 0.495 e. The summed E-state index contributed by atoms with van der Waals surface area (Å²) >= 11 is 1.57. The van der Waals surface area contributed by atoms with Crippen LogP contribution in [0, 0.1) is 0 Å². The molecule has 1 amide bonds. The van der Waals surface area contributed by atoms with Gasteiger partial charge in [-0.1, -0.05) is 11.2 Å². The van der Waals surface area contributed by atoms with E-state index in [1.54, 1.807) is 23.3 Å². The van der Waals surface area contributed by atoms with Gasteiger partial charge in [-0.2, -0.15) is 4.98 Å². The number of nitrogens with zero attached hydrogens (tertiary/aromatic N) is 3. The highest BCUT2D eigenvalue weighted by atomic mass is 32.1. The number of thiophene rings is 1. The molecule has 0 unspecified atom stereocenters. The third kappa shape index (κ3) is 3.52. The van der Waals surface area contributed by atoms with E-state index < -0.39 is 0 Å². The van der Waals surface area contributed by atoms with Crippen LogP contribution in [0.5, 0.6) is 5.75 Å². The molecule has 1 saturated heterocycles. The molecule has 7 nitrogen and oxygen atoms in total. The number of nitrogens with one attached hydrogen (secondary N) is 1. The predicted molar refractivity (Wildman–Crippen MR) is 104 cm³/mol. The van der Waals surface area contributed by atoms with Crippen molar-refractivity contribution >= 4 is 28.6 Å². The lowest BCUT2D eigenvalue weighted by Gasteiger charge is -2.21. The van der Waals surface area contributed by atoms with E-state index in [0.29, 0.717) is 30.4 Å². The fourth-order valence-corrected chi connectivity index (χ4v) is 3.77. The molecule has 0 bridgehead atoms. The lowest BCUT2D eigenvalue weighted by atomic mass is 10.2. The molecular formula is C19H20N4O3S. The Morgan fingerprint density at radius 1 is 1.37 bits per heavy atom. The van der Waals surface area contributed by atoms with Crippen molar-refractivity contribution in [3.63, 3.8) is 0 Å². The van der Waals surface area contributed by atoms with Crippen LogP contribution < -0.4 is 15.0 Å². The van der Waals surface area contributed by atoms with E-state index in [0.717, 1.165) is 22.7 Å². The van der Waals surface area contributed by atoms with Crippen LogP contribution in [0.3, 0.4) is 0 Å². The van der Waals surface area contributed by atoms with Gasteiger partial charge in [0, 0.05) is 18.7 Å². The Hall–Kier alpha value is -2.87. The number of hydrogen-bond donors (Lipinski definition) is 1. The summed E-state index contributed by atoms with van der Waals surface area (Å²) in [6.07, 6.45) is 1.44. The zero-order valence-corrected chi connectivity index (χ0v) is 16.0. The van der Waals surface area contributed by atoms with Crippen LogP contribution >= 0.6 is 11.3 Å². The van der Waals surface area contributed by atoms with Crippen molar-refractivity contribution in [3.05, 3.63) is 41.6 Å². The average Bonchev–Trinajstić information content (AvgIpc) is 3.42. The summed E-state index contributed by atoms with van der Waals surface area (Å²) < 4.78 is 10.8. The Balaban J connectivity index is 1.54. The maximum absolute atomic E-state index is 12.1. The number of methoxy groups -OCH3 is 1. The molecule has 3 aromatic rings. The molecule has 0 aliphatic carbocycles. The maximum Gasteiger partial charge on any atom is 0.249 e. The second kappa shape index (κ2) is 7.40. The van der Waals surface area contributed by atoms with Gasteiger partial charge in [0.2, 0.25) is 17.6 Å². The Morgan fingerprint density at radius 3 is 2.96 bits per heavy atom. The summed E-state index contributed by atoms with van der Waals surface area (Å²) in [7, 11) is 1.61. The summed E-state index contributed by atoms with van der Waals surface area (Å²) in [6, 6.07) is 9.43. The molecule has 1 aromatic carbocycles. The number of amides is 1. The van der Waals surface area contributed by atoms with E-state index in [1.807, 2.05) is 42.6 Å². The van der Waals surface area contributed by atoms with Crippen LogP contribution in [-0.2, 0) is 4.79 Å². The van der Waals surface area contributed by atoms with Crippen molar-refractivity contribution in [2.75, 3.05) is 23.9 Å². The molecule has 4 rings (SSSR count). The summed E-state index contributed by atoms with van der Waals surface area (Å²) in [5, 5.41) is 9.39. The minimum absolute atomic E-state index is 0.121. The van der Waals surface area contributed by atoms with Gasteiger partial charge >= 0.3 is 0 Å². The van der Waals surface area contributed by atoms with Crippen molar-refractivity contribution in [2.24, 2.45) is 0 Å². The quantitative estimate of drug-likeness (QED) is 0.689. The third-order valence-electron chi connectivity index (χ3n) is 4.48. The molecule has 0 spiro atoms. The fourth-order valence-electron chi connectivity index (χ4n) is 3.12. The second-order valence-electron chi connectivity index (χ2n) is 6.34. The Morgan fingerprint density at radius 2 is 2.26 bits per heavy atom. The second-order valence-corrected chi connectivity index (χ2v) is 7.28. The monoisotopic (exact) mass is 384 g/mol. The average molecular weight is 384 g/mol. The van der Waals surface area contributed by atoms with Crippen molar-refractivity contribution in [1.82, 2.24) is 10.1 Å². The highest BCUT2D eigenvalue weighted by molar-refractivity contribution is 7.13. The number of rotatable bonds is 6. The molecule has 1 aliphatic rings. The summed E-state index contributed by atoms with van der Waals surface area (Å²) in [5.74, 6) is 1.90. The molecule has 1 atom stereocenters. The van der Waals surface area contributed by atoms with Gasteiger partial charge < -0.3 is 19.5 Å². The van der Waals surface area contributed by atoms with Crippen LogP contribution in [0.2, 0.25) is 0 Å². The van der Waals surface area contributed by atoms with Gasteiger partial charge in [-0.3, -0.25) is 4.79 Å². The number of ether oxygens (including phenoxy) is 1. The summed E-state index contributed by atoms with van der Waals surface area (Å²) in [4.78, 5) is 19.3. The van der Waals surface area contributed by atoms with Crippen molar-refractivity contribution < 1.29 is 14.1 Å². The molecule has 2 aromatic heterocycles. The number of carbonyl (C=O) groups is 1. The Bertz CT molecular complexity index is 938. The Kier molecular flexibility index (Phi) is 4.81. The first-order chi connectivity index (χ1) is 13.2. The lowest BCUT2D eigenvalue weighted by Crippen LogP contribution is -2.24. The molecule has 1 N–H and O–H groups in total. The van der Waals surface area contributed by atoms with Gasteiger partial charge in [-0.15, -0.1) is 11.3 Å². The van der Waals surface area contributed by atoms with E-state index in [1.165, 1.54) is 0 Å². The minimum Gasteiger partial charge on any atom is -0.495 e. The number of carbonyl (C=O) groups excluding carboxylic acids is 1. The molecule has 1 fully saturated rings. The fraction of sp³-hybridized carbons (Fsp3) is 0.316. The summed E-state index contributed by atoms with van der Waals surface area (Å²) in [6.45, 7) is 2.67. The van der Waals surface area contributed by atoms with Crippen LogP contribution in [0.4, 0.5) is 11.4 Å². The van der Waals surface area contributed by atoms with Gasteiger partial charge in [0.15, 0.2) is 0 Å². The Labute approximate surface area is 161 Å². The third-order valence-corrected chi connectivity index (χ3v) is 5.35. The maximum atomic E-state index is 12.1. The van der Waals surface area contributed by atoms with Crippen LogP contribution in [0.1, 0.15) is 31.7 Å². The van der Waals surface area contributed by atoms with Gasteiger partial charge in [-0.25, -0.2) is 0 Å².